The van der Waals surface area contributed by atoms with Crippen molar-refractivity contribution in [2.45, 2.75) is 24.0 Å². The van der Waals surface area contributed by atoms with Crippen LogP contribution in [-0.4, -0.2) is 29.6 Å². The zero-order valence-corrected chi connectivity index (χ0v) is 13.3. The molecule has 5 heteroatoms. The molecule has 0 aliphatic carbocycles. The maximum atomic E-state index is 12.9. The molecule has 1 saturated heterocycles. The summed E-state index contributed by atoms with van der Waals surface area (Å²) < 4.78 is 5.49. The fourth-order valence-corrected chi connectivity index (χ4v) is 5.61. The fourth-order valence-electron chi connectivity index (χ4n) is 3.23. The second-order valence-corrected chi connectivity index (χ2v) is 7.80. The molecule has 0 bridgehead atoms. The average Bonchev–Trinajstić information content (AvgIpc) is 3.23. The molecule has 2 aliphatic rings. The average molecular weight is 319 g/mol. The minimum absolute atomic E-state index is 0.00958. The van der Waals surface area contributed by atoms with E-state index in [9.17, 15) is 4.79 Å². The van der Waals surface area contributed by atoms with Crippen LogP contribution >= 0.6 is 23.1 Å². The molecule has 0 N–H and O–H groups in total. The van der Waals surface area contributed by atoms with Gasteiger partial charge in [0.1, 0.15) is 11.0 Å². The molecule has 0 aromatic carbocycles. The third kappa shape index (κ3) is 2.42. The Morgan fingerprint density at radius 3 is 3.19 bits per heavy atom. The van der Waals surface area contributed by atoms with Gasteiger partial charge in [-0.1, -0.05) is 0 Å². The maximum Gasteiger partial charge on any atom is 0.240 e. The molecule has 4 heterocycles. The lowest BCUT2D eigenvalue weighted by Gasteiger charge is -2.26. The van der Waals surface area contributed by atoms with E-state index < -0.39 is 0 Å². The predicted molar refractivity (Wildman–Crippen MR) is 85.9 cm³/mol. The van der Waals surface area contributed by atoms with E-state index in [0.29, 0.717) is 5.92 Å². The third-order valence-electron chi connectivity index (χ3n) is 4.35. The summed E-state index contributed by atoms with van der Waals surface area (Å²) in [5.74, 6) is 2.71. The van der Waals surface area contributed by atoms with E-state index in [1.807, 2.05) is 17.0 Å². The van der Waals surface area contributed by atoms with Crippen LogP contribution in [0.3, 0.4) is 0 Å². The van der Waals surface area contributed by atoms with Gasteiger partial charge in [-0.15, -0.1) is 23.1 Å². The molecule has 110 valence electrons. The SMILES string of the molecule is O=C([C@H]1SCCc2sccc21)N1CC[C@@H](c2ccco2)C1. The van der Waals surface area contributed by atoms with E-state index in [1.165, 1.54) is 10.4 Å². The Labute approximate surface area is 132 Å². The van der Waals surface area contributed by atoms with Crippen molar-refractivity contribution in [3.8, 4) is 0 Å². The monoisotopic (exact) mass is 319 g/mol. The molecule has 2 aliphatic heterocycles. The van der Waals surface area contributed by atoms with Crippen LogP contribution in [0.15, 0.2) is 34.3 Å². The first-order valence-corrected chi connectivity index (χ1v) is 9.26. The number of carbonyl (C=O) groups excluding carboxylic acids is 1. The van der Waals surface area contributed by atoms with Gasteiger partial charge in [-0.3, -0.25) is 4.79 Å². The summed E-state index contributed by atoms with van der Waals surface area (Å²) in [7, 11) is 0. The normalized spacial score (nSPS) is 25.0. The number of rotatable bonds is 2. The third-order valence-corrected chi connectivity index (χ3v) is 6.57. The number of thiophene rings is 1. The number of nitrogens with zero attached hydrogens (tertiary/aromatic N) is 1. The first-order chi connectivity index (χ1) is 10.3. The van der Waals surface area contributed by atoms with Crippen molar-refractivity contribution in [2.24, 2.45) is 0 Å². The number of hydrogen-bond donors (Lipinski definition) is 0. The summed E-state index contributed by atoms with van der Waals surface area (Å²) in [4.78, 5) is 16.3. The molecule has 1 amide bonds. The smallest absolute Gasteiger partial charge is 0.240 e. The molecule has 0 saturated carbocycles. The second kappa shape index (κ2) is 5.54. The van der Waals surface area contributed by atoms with Crippen LogP contribution in [0, 0.1) is 0 Å². The number of fused-ring (bicyclic) bond motifs is 1. The number of hydrogen-bond acceptors (Lipinski definition) is 4. The van der Waals surface area contributed by atoms with Crippen molar-refractivity contribution in [3.05, 3.63) is 46.0 Å². The van der Waals surface area contributed by atoms with Crippen LogP contribution in [-0.2, 0) is 11.2 Å². The van der Waals surface area contributed by atoms with E-state index in [4.69, 9.17) is 4.42 Å². The van der Waals surface area contributed by atoms with Crippen molar-refractivity contribution < 1.29 is 9.21 Å². The van der Waals surface area contributed by atoms with Gasteiger partial charge < -0.3 is 9.32 Å². The minimum atomic E-state index is 0.00958. The standard InChI is InChI=1S/C16H17NO2S2/c18-16(15-12-4-8-20-14(12)5-9-21-15)17-6-3-11(10-17)13-2-1-7-19-13/h1-2,4,7-8,11,15H,3,5-6,9-10H2/t11-,15+/m1/s1. The van der Waals surface area contributed by atoms with Gasteiger partial charge in [-0.05, 0) is 47.7 Å². The Kier molecular flexibility index (Phi) is 3.55. The lowest BCUT2D eigenvalue weighted by atomic mass is 10.1. The number of aryl methyl sites for hydroxylation is 1. The first-order valence-electron chi connectivity index (χ1n) is 7.33. The highest BCUT2D eigenvalue weighted by Gasteiger charge is 2.35. The summed E-state index contributed by atoms with van der Waals surface area (Å²) in [6, 6.07) is 6.08. The molecule has 0 unspecified atom stereocenters. The van der Waals surface area contributed by atoms with Gasteiger partial charge in [0, 0.05) is 23.9 Å². The number of amides is 1. The molecule has 3 nitrogen and oxygen atoms in total. The molecule has 0 radical (unpaired) electrons. The van der Waals surface area contributed by atoms with Crippen LogP contribution in [0.4, 0.5) is 0 Å². The van der Waals surface area contributed by atoms with E-state index in [-0.39, 0.29) is 11.2 Å². The Morgan fingerprint density at radius 1 is 1.38 bits per heavy atom. The molecule has 0 spiro atoms. The number of carbonyl (C=O) groups is 1. The van der Waals surface area contributed by atoms with Gasteiger partial charge in [0.05, 0.1) is 6.26 Å². The van der Waals surface area contributed by atoms with E-state index >= 15 is 0 Å². The molecule has 2 aromatic heterocycles. The van der Waals surface area contributed by atoms with Crippen molar-refractivity contribution in [3.63, 3.8) is 0 Å². The predicted octanol–water partition coefficient (Wildman–Crippen LogP) is 3.69. The van der Waals surface area contributed by atoms with E-state index in [1.54, 1.807) is 29.4 Å². The van der Waals surface area contributed by atoms with Gasteiger partial charge in [0.25, 0.3) is 0 Å². The maximum absolute atomic E-state index is 12.9. The van der Waals surface area contributed by atoms with Crippen molar-refractivity contribution >= 4 is 29.0 Å². The molecule has 21 heavy (non-hydrogen) atoms. The van der Waals surface area contributed by atoms with Crippen LogP contribution in [0.25, 0.3) is 0 Å². The highest BCUT2D eigenvalue weighted by Crippen LogP contribution is 2.41. The van der Waals surface area contributed by atoms with Crippen LogP contribution in [0.2, 0.25) is 0 Å². The summed E-state index contributed by atoms with van der Waals surface area (Å²) >= 11 is 3.58. The summed E-state index contributed by atoms with van der Waals surface area (Å²) in [6.07, 6.45) is 3.83. The van der Waals surface area contributed by atoms with Crippen molar-refractivity contribution in [1.82, 2.24) is 4.90 Å². The quantitative estimate of drug-likeness (QED) is 0.846. The Morgan fingerprint density at radius 2 is 2.33 bits per heavy atom. The molecule has 2 aromatic rings. The van der Waals surface area contributed by atoms with Gasteiger partial charge in [-0.2, -0.15) is 0 Å². The number of thioether (sulfide) groups is 1. The van der Waals surface area contributed by atoms with E-state index in [0.717, 1.165) is 37.4 Å². The topological polar surface area (TPSA) is 33.5 Å². The summed E-state index contributed by atoms with van der Waals surface area (Å²) in [5, 5.41) is 2.13. The van der Waals surface area contributed by atoms with Crippen molar-refractivity contribution in [1.29, 1.82) is 0 Å². The van der Waals surface area contributed by atoms with Crippen molar-refractivity contribution in [2.75, 3.05) is 18.8 Å². The van der Waals surface area contributed by atoms with Crippen LogP contribution in [0.5, 0.6) is 0 Å². The minimum Gasteiger partial charge on any atom is -0.469 e. The lowest BCUT2D eigenvalue weighted by molar-refractivity contribution is -0.129. The lowest BCUT2D eigenvalue weighted by Crippen LogP contribution is -2.33. The number of furan rings is 1. The largest absolute Gasteiger partial charge is 0.469 e. The highest BCUT2D eigenvalue weighted by molar-refractivity contribution is 8.00. The fraction of sp³-hybridized carbons (Fsp3) is 0.438. The Balaban J connectivity index is 1.50. The highest BCUT2D eigenvalue weighted by atomic mass is 32.2. The molecule has 2 atom stereocenters. The van der Waals surface area contributed by atoms with E-state index in [2.05, 4.69) is 11.4 Å². The number of likely N-dealkylation sites (tertiary alicyclic amines) is 1. The summed E-state index contributed by atoms with van der Waals surface area (Å²) in [5.41, 5.74) is 1.25. The second-order valence-electron chi connectivity index (χ2n) is 5.59. The zero-order chi connectivity index (χ0) is 14.2. The molecular weight excluding hydrogens is 302 g/mol. The molecule has 1 fully saturated rings. The van der Waals surface area contributed by atoms with Crippen LogP contribution in [0.1, 0.15) is 33.8 Å². The van der Waals surface area contributed by atoms with Gasteiger partial charge in [-0.25, -0.2) is 0 Å². The summed E-state index contributed by atoms with van der Waals surface area (Å²) in [6.45, 7) is 1.64. The van der Waals surface area contributed by atoms with Gasteiger partial charge in [0.2, 0.25) is 5.91 Å². The first kappa shape index (κ1) is 13.5. The Bertz CT molecular complexity index is 635. The Hall–Kier alpha value is -1.20. The molecular formula is C16H17NO2S2. The molecule has 4 rings (SSSR count). The van der Waals surface area contributed by atoms with Crippen LogP contribution < -0.4 is 0 Å². The zero-order valence-electron chi connectivity index (χ0n) is 11.7. The van der Waals surface area contributed by atoms with Gasteiger partial charge in [0.15, 0.2) is 0 Å². The van der Waals surface area contributed by atoms with Gasteiger partial charge >= 0.3 is 0 Å².